The summed E-state index contributed by atoms with van der Waals surface area (Å²) in [6.45, 7) is 4.09. The maximum absolute atomic E-state index is 12.0. The van der Waals surface area contributed by atoms with Crippen molar-refractivity contribution < 1.29 is 4.79 Å². The van der Waals surface area contributed by atoms with Gasteiger partial charge in [-0.25, -0.2) is 0 Å². The lowest BCUT2D eigenvalue weighted by atomic mass is 9.94. The Bertz CT molecular complexity index is 418. The summed E-state index contributed by atoms with van der Waals surface area (Å²) in [5.74, 6) is 0.219. The summed E-state index contributed by atoms with van der Waals surface area (Å²) < 4.78 is 1.08. The maximum atomic E-state index is 12.0. The highest BCUT2D eigenvalue weighted by Gasteiger charge is 2.36. The van der Waals surface area contributed by atoms with Crippen molar-refractivity contribution >= 4 is 33.2 Å². The van der Waals surface area contributed by atoms with E-state index in [1.807, 2.05) is 24.8 Å². The smallest absolute Gasteiger partial charge is 0.223 e. The van der Waals surface area contributed by atoms with Crippen LogP contribution in [0.5, 0.6) is 0 Å². The molecule has 1 amide bonds. The summed E-state index contributed by atoms with van der Waals surface area (Å²) in [5.41, 5.74) is 6.21. The minimum absolute atomic E-state index is 0.0348. The predicted octanol–water partition coefficient (Wildman–Crippen LogP) is 2.91. The summed E-state index contributed by atoms with van der Waals surface area (Å²) in [6.07, 6.45) is 1.35. The van der Waals surface area contributed by atoms with E-state index in [1.165, 1.54) is 4.88 Å². The average molecular weight is 317 g/mol. The monoisotopic (exact) mass is 316 g/mol. The van der Waals surface area contributed by atoms with Crippen molar-refractivity contribution in [2.24, 2.45) is 5.73 Å². The Morgan fingerprint density at radius 1 is 1.53 bits per heavy atom. The lowest BCUT2D eigenvalue weighted by molar-refractivity contribution is -0.139. The standard InChI is InChI=1S/C12H17BrN2OS/c1-7(2)15-11(16)6-3-8(14)12(15)9-4-5-10(13)17-9/h4-5,7-8,12H,3,6,14H2,1-2H3. The van der Waals surface area contributed by atoms with Gasteiger partial charge in [0.25, 0.3) is 0 Å². The summed E-state index contributed by atoms with van der Waals surface area (Å²) in [7, 11) is 0. The number of rotatable bonds is 2. The average Bonchev–Trinajstić information content (AvgIpc) is 2.67. The SMILES string of the molecule is CC(C)N1C(=O)CCC(N)C1c1ccc(Br)s1. The van der Waals surface area contributed by atoms with Crippen LogP contribution in [0.4, 0.5) is 0 Å². The minimum Gasteiger partial charge on any atom is -0.331 e. The van der Waals surface area contributed by atoms with Crippen LogP contribution in [0.25, 0.3) is 0 Å². The molecule has 1 aliphatic rings. The van der Waals surface area contributed by atoms with Gasteiger partial charge in [-0.2, -0.15) is 0 Å². The van der Waals surface area contributed by atoms with Crippen LogP contribution in [0.3, 0.4) is 0 Å². The van der Waals surface area contributed by atoms with E-state index >= 15 is 0 Å². The number of halogens is 1. The second-order valence-corrected chi connectivity index (χ2v) is 7.18. The predicted molar refractivity (Wildman–Crippen MR) is 74.0 cm³/mol. The van der Waals surface area contributed by atoms with Gasteiger partial charge in [0.2, 0.25) is 5.91 Å². The van der Waals surface area contributed by atoms with Crippen LogP contribution >= 0.6 is 27.3 Å². The van der Waals surface area contributed by atoms with Crippen molar-refractivity contribution in [2.45, 2.75) is 44.8 Å². The van der Waals surface area contributed by atoms with Crippen LogP contribution < -0.4 is 5.73 Å². The molecule has 1 saturated heterocycles. The molecule has 1 aliphatic heterocycles. The highest BCUT2D eigenvalue weighted by molar-refractivity contribution is 9.11. The number of thiophene rings is 1. The Morgan fingerprint density at radius 3 is 2.76 bits per heavy atom. The molecular formula is C12H17BrN2OS. The number of hydrogen-bond acceptors (Lipinski definition) is 3. The molecule has 0 saturated carbocycles. The second-order valence-electron chi connectivity index (χ2n) is 4.68. The normalized spacial score (nSPS) is 25.7. The molecule has 94 valence electrons. The molecule has 1 fully saturated rings. The zero-order chi connectivity index (χ0) is 12.6. The Kier molecular flexibility index (Phi) is 3.90. The van der Waals surface area contributed by atoms with Gasteiger partial charge in [0.15, 0.2) is 0 Å². The molecule has 0 bridgehead atoms. The van der Waals surface area contributed by atoms with Gasteiger partial charge in [0, 0.05) is 23.4 Å². The van der Waals surface area contributed by atoms with E-state index in [9.17, 15) is 4.79 Å². The molecule has 3 nitrogen and oxygen atoms in total. The molecular weight excluding hydrogens is 300 g/mol. The molecule has 2 atom stereocenters. The first-order chi connectivity index (χ1) is 8.00. The van der Waals surface area contributed by atoms with E-state index in [-0.39, 0.29) is 24.0 Å². The number of piperidine rings is 1. The number of carbonyl (C=O) groups excluding carboxylic acids is 1. The van der Waals surface area contributed by atoms with Crippen molar-refractivity contribution in [3.05, 3.63) is 20.8 Å². The highest BCUT2D eigenvalue weighted by atomic mass is 79.9. The van der Waals surface area contributed by atoms with Gasteiger partial charge < -0.3 is 10.6 Å². The zero-order valence-electron chi connectivity index (χ0n) is 10.0. The van der Waals surface area contributed by atoms with Gasteiger partial charge in [-0.05, 0) is 48.3 Å². The molecule has 0 aromatic carbocycles. The van der Waals surface area contributed by atoms with Gasteiger partial charge >= 0.3 is 0 Å². The Labute approximate surface area is 114 Å². The van der Waals surface area contributed by atoms with Gasteiger partial charge in [-0.3, -0.25) is 4.79 Å². The maximum Gasteiger partial charge on any atom is 0.223 e. The molecule has 1 aromatic heterocycles. The third-order valence-electron chi connectivity index (χ3n) is 3.13. The van der Waals surface area contributed by atoms with Gasteiger partial charge in [-0.15, -0.1) is 11.3 Å². The second kappa shape index (κ2) is 5.08. The van der Waals surface area contributed by atoms with E-state index in [0.717, 1.165) is 10.2 Å². The number of likely N-dealkylation sites (tertiary alicyclic amines) is 1. The molecule has 0 spiro atoms. The van der Waals surface area contributed by atoms with Crippen molar-refractivity contribution in [1.29, 1.82) is 0 Å². The lowest BCUT2D eigenvalue weighted by Crippen LogP contribution is -2.51. The van der Waals surface area contributed by atoms with Gasteiger partial charge in [-0.1, -0.05) is 0 Å². The fourth-order valence-corrected chi connectivity index (χ4v) is 3.98. The number of amides is 1. The molecule has 2 heterocycles. The van der Waals surface area contributed by atoms with Crippen LogP contribution in [-0.4, -0.2) is 22.9 Å². The molecule has 2 N–H and O–H groups in total. The van der Waals surface area contributed by atoms with Gasteiger partial charge in [0.1, 0.15) is 0 Å². The number of hydrogen-bond donors (Lipinski definition) is 1. The summed E-state index contributed by atoms with van der Waals surface area (Å²) in [6, 6.07) is 4.35. The molecule has 2 rings (SSSR count). The Balaban J connectivity index is 2.35. The number of carbonyl (C=O) groups is 1. The van der Waals surface area contributed by atoms with Crippen LogP contribution in [0.2, 0.25) is 0 Å². The third kappa shape index (κ3) is 2.56. The molecule has 2 unspecified atom stereocenters. The van der Waals surface area contributed by atoms with Crippen LogP contribution in [0.1, 0.15) is 37.6 Å². The van der Waals surface area contributed by atoms with Crippen LogP contribution in [-0.2, 0) is 4.79 Å². The first kappa shape index (κ1) is 13.1. The summed E-state index contributed by atoms with van der Waals surface area (Å²) in [5, 5.41) is 0. The molecule has 5 heteroatoms. The van der Waals surface area contributed by atoms with Crippen molar-refractivity contribution in [3.8, 4) is 0 Å². The van der Waals surface area contributed by atoms with Crippen LogP contribution in [0.15, 0.2) is 15.9 Å². The van der Waals surface area contributed by atoms with Crippen molar-refractivity contribution in [2.75, 3.05) is 0 Å². The Hall–Kier alpha value is -0.390. The minimum atomic E-state index is 0.0348. The van der Waals surface area contributed by atoms with Crippen molar-refractivity contribution in [1.82, 2.24) is 4.90 Å². The largest absolute Gasteiger partial charge is 0.331 e. The third-order valence-corrected chi connectivity index (χ3v) is 4.82. The number of nitrogens with zero attached hydrogens (tertiary/aromatic N) is 1. The molecule has 0 radical (unpaired) electrons. The molecule has 0 aliphatic carbocycles. The van der Waals surface area contributed by atoms with Crippen LogP contribution in [0, 0.1) is 0 Å². The van der Waals surface area contributed by atoms with Gasteiger partial charge in [0.05, 0.1) is 9.83 Å². The lowest BCUT2D eigenvalue weighted by Gasteiger charge is -2.41. The zero-order valence-corrected chi connectivity index (χ0v) is 12.4. The van der Waals surface area contributed by atoms with E-state index in [0.29, 0.717) is 6.42 Å². The fraction of sp³-hybridized carbons (Fsp3) is 0.583. The summed E-state index contributed by atoms with van der Waals surface area (Å²) >= 11 is 5.13. The molecule has 17 heavy (non-hydrogen) atoms. The highest BCUT2D eigenvalue weighted by Crippen LogP contribution is 2.37. The van der Waals surface area contributed by atoms with E-state index in [1.54, 1.807) is 11.3 Å². The molecule has 1 aromatic rings. The first-order valence-corrected chi connectivity index (χ1v) is 7.43. The topological polar surface area (TPSA) is 46.3 Å². The quantitative estimate of drug-likeness (QED) is 0.911. The van der Waals surface area contributed by atoms with Crippen molar-refractivity contribution in [3.63, 3.8) is 0 Å². The van der Waals surface area contributed by atoms with E-state index < -0.39 is 0 Å². The number of nitrogens with two attached hydrogens (primary N) is 1. The van der Waals surface area contributed by atoms with E-state index in [4.69, 9.17) is 5.73 Å². The fourth-order valence-electron chi connectivity index (χ4n) is 2.38. The summed E-state index contributed by atoms with van der Waals surface area (Å²) in [4.78, 5) is 15.1. The first-order valence-electron chi connectivity index (χ1n) is 5.82. The van der Waals surface area contributed by atoms with E-state index in [2.05, 4.69) is 22.0 Å². The Morgan fingerprint density at radius 2 is 2.24 bits per heavy atom.